The summed E-state index contributed by atoms with van der Waals surface area (Å²) in [6, 6.07) is 46.2. The molecule has 260 valence electrons. The molecule has 4 aliphatic heterocycles. The highest BCUT2D eigenvalue weighted by atomic mass is 16.5. The number of nitrogens with zero attached hydrogens (tertiary/aromatic N) is 3. The molecule has 6 heterocycles. The first-order chi connectivity index (χ1) is 26.4. The lowest BCUT2D eigenvalue weighted by Crippen LogP contribution is -2.24. The highest BCUT2D eigenvalue weighted by Crippen LogP contribution is 2.45. The summed E-state index contributed by atoms with van der Waals surface area (Å²) in [7, 11) is 2.05. The second-order valence-corrected chi connectivity index (χ2v) is 14.3. The van der Waals surface area contributed by atoms with E-state index in [2.05, 4.69) is 138 Å². The van der Waals surface area contributed by atoms with Gasteiger partial charge in [0.2, 0.25) is 0 Å². The van der Waals surface area contributed by atoms with Crippen LogP contribution in [0.5, 0.6) is 0 Å². The number of aliphatic imine (C=N–C) groups is 1. The van der Waals surface area contributed by atoms with Crippen LogP contribution >= 0.6 is 0 Å². The predicted octanol–water partition coefficient (Wildman–Crippen LogP) is 7.79. The number of carbonyl (C=O) groups excluding carboxylic acids is 1. The van der Waals surface area contributed by atoms with Crippen molar-refractivity contribution in [1.82, 2.24) is 14.5 Å². The highest BCUT2D eigenvalue weighted by molar-refractivity contribution is 6.30. The minimum Gasteiger partial charge on any atom is -0.420 e. The van der Waals surface area contributed by atoms with Crippen molar-refractivity contribution in [2.24, 2.45) is 4.99 Å². The summed E-state index contributed by atoms with van der Waals surface area (Å²) in [6.45, 7) is 4.68. The summed E-state index contributed by atoms with van der Waals surface area (Å²) in [5.74, 6) is 0.156. The third-order valence-electron chi connectivity index (χ3n) is 10.7. The van der Waals surface area contributed by atoms with Crippen LogP contribution in [0.4, 0.5) is 0 Å². The summed E-state index contributed by atoms with van der Waals surface area (Å²) in [5.41, 5.74) is 15.0. The molecule has 54 heavy (non-hydrogen) atoms. The molecule has 0 fully saturated rings. The number of hydrogen-bond acceptors (Lipinski definition) is 4. The van der Waals surface area contributed by atoms with Gasteiger partial charge in [0, 0.05) is 29.1 Å². The zero-order valence-corrected chi connectivity index (χ0v) is 30.2. The Balaban J connectivity index is 1.41. The molecule has 6 aromatic rings. The third kappa shape index (κ3) is 5.02. The van der Waals surface area contributed by atoms with Gasteiger partial charge in [-0.05, 0) is 72.5 Å². The average molecular weight is 701 g/mol. The Morgan fingerprint density at radius 2 is 1.11 bits per heavy atom. The number of carbonyl (C=O) groups is 1. The molecule has 0 atom stereocenters. The molecular weight excluding hydrogens is 665 g/mol. The number of rotatable bonds is 4. The molecule has 6 nitrogen and oxygen atoms in total. The normalized spacial score (nSPS) is 16.2. The van der Waals surface area contributed by atoms with Gasteiger partial charge < -0.3 is 19.2 Å². The van der Waals surface area contributed by atoms with Crippen molar-refractivity contribution in [2.45, 2.75) is 20.5 Å². The Kier molecular flexibility index (Phi) is 7.27. The molecule has 0 aliphatic carbocycles. The van der Waals surface area contributed by atoms with Gasteiger partial charge in [0.25, 0.3) is 0 Å². The number of aromatic nitrogens is 2. The number of fused-ring (bicyclic) bond motifs is 4. The SMILES string of the molecule is Cc1ccc(C2=C3C=CC(=N3)C(c3ccc(C)cc3)=c3ccc([nH]3)=C(c3ccccc3)C3=C4C(=C(c5ccccc5)c5ccc2n5CN4C)C(=O)O3)cc1. The number of benzene rings is 4. The number of aromatic amines is 1. The third-order valence-corrected chi connectivity index (χ3v) is 10.7. The molecular formula is C48H36N4O2. The number of aryl methyl sites for hydroxylation is 2. The van der Waals surface area contributed by atoms with Crippen LogP contribution in [0.2, 0.25) is 0 Å². The smallest absolute Gasteiger partial charge is 0.346 e. The minimum absolute atomic E-state index is 0.372. The number of H-pyrrole nitrogens is 1. The Morgan fingerprint density at radius 3 is 1.74 bits per heavy atom. The van der Waals surface area contributed by atoms with Gasteiger partial charge in [-0.3, -0.25) is 0 Å². The fourth-order valence-corrected chi connectivity index (χ4v) is 8.17. The Labute approximate surface area is 313 Å². The van der Waals surface area contributed by atoms with Crippen molar-refractivity contribution in [2.75, 3.05) is 7.05 Å². The molecule has 2 aromatic heterocycles. The van der Waals surface area contributed by atoms with Gasteiger partial charge in [-0.2, -0.15) is 0 Å². The van der Waals surface area contributed by atoms with Gasteiger partial charge in [0.1, 0.15) is 0 Å². The largest absolute Gasteiger partial charge is 0.420 e. The Morgan fingerprint density at radius 1 is 0.574 bits per heavy atom. The van der Waals surface area contributed by atoms with Crippen LogP contribution in [0.25, 0.3) is 22.3 Å². The summed E-state index contributed by atoms with van der Waals surface area (Å²) in [5, 5.41) is 1.75. The second-order valence-electron chi connectivity index (χ2n) is 14.3. The van der Waals surface area contributed by atoms with E-state index in [1.807, 2.05) is 43.4 Å². The predicted molar refractivity (Wildman–Crippen MR) is 214 cm³/mol. The maximum absolute atomic E-state index is 14.5. The average Bonchev–Trinajstić information content (AvgIpc) is 3.99. The summed E-state index contributed by atoms with van der Waals surface area (Å²) in [6.07, 6.45) is 4.27. The first kappa shape index (κ1) is 31.8. The van der Waals surface area contributed by atoms with E-state index in [1.165, 1.54) is 11.1 Å². The van der Waals surface area contributed by atoms with Crippen LogP contribution in [0, 0.1) is 13.8 Å². The van der Waals surface area contributed by atoms with Crippen LogP contribution < -0.4 is 10.7 Å². The van der Waals surface area contributed by atoms with E-state index in [9.17, 15) is 4.79 Å². The van der Waals surface area contributed by atoms with Gasteiger partial charge in [0.05, 0.1) is 51.7 Å². The lowest BCUT2D eigenvalue weighted by Gasteiger charge is -2.23. The van der Waals surface area contributed by atoms with E-state index in [-0.39, 0.29) is 5.97 Å². The van der Waals surface area contributed by atoms with Crippen molar-refractivity contribution < 1.29 is 9.53 Å². The standard InChI is InChI=1S/C48H36N4O2/c1-29-14-18-33(19-15-29)41-35-22-24-37(49-35)42(34-20-16-30(2)17-21-34)39-26-27-40-44(32-12-8-5-9-13-32)45-46(51(3)28-52(39)40)47(54-48(45)53)43(31-10-6-4-7-11-31)38-25-23-36(41)50-38/h4-27,50H,28H2,1-3H3. The molecule has 0 amide bonds. The molecule has 0 spiro atoms. The van der Waals surface area contributed by atoms with Crippen LogP contribution in [-0.4, -0.2) is 33.2 Å². The summed E-state index contributed by atoms with van der Waals surface area (Å²) in [4.78, 5) is 25.9. The Bertz CT molecular complexity index is 2830. The van der Waals surface area contributed by atoms with Crippen molar-refractivity contribution in [3.05, 3.63) is 224 Å². The molecule has 4 aliphatic rings. The van der Waals surface area contributed by atoms with Crippen LogP contribution in [0.1, 0.15) is 44.8 Å². The number of likely N-dealkylation sites (N-methyl/N-ethyl adjacent to an activating group) is 1. The van der Waals surface area contributed by atoms with E-state index >= 15 is 0 Å². The maximum atomic E-state index is 14.5. The molecule has 6 bridgehead atoms. The van der Waals surface area contributed by atoms with E-state index in [4.69, 9.17) is 9.73 Å². The van der Waals surface area contributed by atoms with Crippen LogP contribution in [0.15, 0.2) is 173 Å². The van der Waals surface area contributed by atoms with Gasteiger partial charge in [-0.25, -0.2) is 9.79 Å². The van der Waals surface area contributed by atoms with Gasteiger partial charge in [-0.15, -0.1) is 0 Å². The van der Waals surface area contributed by atoms with Gasteiger partial charge in [-0.1, -0.05) is 120 Å². The number of allylic oxidation sites excluding steroid dienone is 3. The van der Waals surface area contributed by atoms with Gasteiger partial charge in [0.15, 0.2) is 5.76 Å². The number of nitrogens with one attached hydrogen (secondary N) is 1. The van der Waals surface area contributed by atoms with Gasteiger partial charge >= 0.3 is 5.97 Å². The monoisotopic (exact) mass is 700 g/mol. The molecule has 6 heteroatoms. The maximum Gasteiger partial charge on any atom is 0.346 e. The number of hydrogen-bond donors (Lipinski definition) is 1. The lowest BCUT2D eigenvalue weighted by molar-refractivity contribution is -0.132. The van der Waals surface area contributed by atoms with E-state index in [1.54, 1.807) is 0 Å². The quantitative estimate of drug-likeness (QED) is 0.191. The molecule has 1 N–H and O–H groups in total. The molecule has 10 rings (SSSR count). The second kappa shape index (κ2) is 12.3. The highest BCUT2D eigenvalue weighted by Gasteiger charge is 2.41. The number of esters is 1. The Hall–Kier alpha value is -6.92. The molecule has 0 saturated heterocycles. The van der Waals surface area contributed by atoms with E-state index in [0.29, 0.717) is 18.0 Å². The lowest BCUT2D eigenvalue weighted by atomic mass is 9.94. The molecule has 4 aromatic carbocycles. The zero-order chi connectivity index (χ0) is 36.5. The van der Waals surface area contributed by atoms with Crippen molar-refractivity contribution in [3.8, 4) is 0 Å². The van der Waals surface area contributed by atoms with E-state index in [0.717, 1.165) is 83.7 Å². The first-order valence-corrected chi connectivity index (χ1v) is 18.3. The summed E-state index contributed by atoms with van der Waals surface area (Å²) >= 11 is 0. The van der Waals surface area contributed by atoms with E-state index < -0.39 is 0 Å². The fourth-order valence-electron chi connectivity index (χ4n) is 8.17. The molecule has 0 saturated carbocycles. The van der Waals surface area contributed by atoms with Crippen molar-refractivity contribution >= 4 is 34.0 Å². The first-order valence-electron chi connectivity index (χ1n) is 18.3. The molecule has 0 unspecified atom stereocenters. The van der Waals surface area contributed by atoms with Crippen LogP contribution in [-0.2, 0) is 16.2 Å². The zero-order valence-electron chi connectivity index (χ0n) is 30.2. The minimum atomic E-state index is -0.372. The fraction of sp³-hybridized carbons (Fsp3) is 0.0833. The topological polar surface area (TPSA) is 62.6 Å². The molecule has 0 radical (unpaired) electrons. The van der Waals surface area contributed by atoms with Crippen molar-refractivity contribution in [3.63, 3.8) is 0 Å². The summed E-state index contributed by atoms with van der Waals surface area (Å²) < 4.78 is 8.81. The van der Waals surface area contributed by atoms with Crippen molar-refractivity contribution in [1.29, 1.82) is 0 Å². The van der Waals surface area contributed by atoms with Crippen LogP contribution in [0.3, 0.4) is 0 Å². The number of ether oxygens (including phenoxy) is 1.